The fourth-order valence-corrected chi connectivity index (χ4v) is 4.18. The summed E-state index contributed by atoms with van der Waals surface area (Å²) in [6.07, 6.45) is 1.04. The maximum absolute atomic E-state index is 13.2. The van der Waals surface area contributed by atoms with E-state index in [-0.39, 0.29) is 29.0 Å². The molecule has 0 saturated heterocycles. The van der Waals surface area contributed by atoms with E-state index in [9.17, 15) is 23.1 Å². The van der Waals surface area contributed by atoms with Gasteiger partial charge >= 0.3 is 6.18 Å². The summed E-state index contributed by atoms with van der Waals surface area (Å²) in [6, 6.07) is 7.63. The molecule has 3 rings (SSSR count). The Morgan fingerprint density at radius 2 is 1.69 bits per heavy atom. The number of amides is 1. The normalized spacial score (nSPS) is 27.0. The first-order chi connectivity index (χ1) is 13.5. The number of rotatable bonds is 5. The lowest BCUT2D eigenvalue weighted by Crippen LogP contribution is -2.45. The number of hydrogen-bond donors (Lipinski definition) is 1. The van der Waals surface area contributed by atoms with Gasteiger partial charge < -0.3 is 10.0 Å². The fourth-order valence-electron chi connectivity index (χ4n) is 4.18. The first kappa shape index (κ1) is 21.6. The van der Waals surface area contributed by atoms with Crippen LogP contribution in [0.4, 0.5) is 13.2 Å². The molecule has 1 atom stereocenters. The fraction of sp³-hybridized carbons (Fsp3) is 0.636. The van der Waals surface area contributed by atoms with Gasteiger partial charge in [0.2, 0.25) is 0 Å². The van der Waals surface area contributed by atoms with Gasteiger partial charge in [0, 0.05) is 24.1 Å². The highest BCUT2D eigenvalue weighted by Crippen LogP contribution is 2.43. The van der Waals surface area contributed by atoms with Crippen LogP contribution in [-0.4, -0.2) is 34.2 Å². The van der Waals surface area contributed by atoms with Gasteiger partial charge in [0.15, 0.2) is 5.60 Å². The van der Waals surface area contributed by atoms with Gasteiger partial charge in [0.05, 0.1) is 6.07 Å². The van der Waals surface area contributed by atoms with Crippen molar-refractivity contribution in [1.29, 1.82) is 5.26 Å². The second-order valence-electron chi connectivity index (χ2n) is 8.97. The molecule has 0 aromatic heterocycles. The van der Waals surface area contributed by atoms with Gasteiger partial charge in [-0.15, -0.1) is 0 Å². The van der Waals surface area contributed by atoms with Gasteiger partial charge in [-0.3, -0.25) is 4.79 Å². The highest BCUT2D eigenvalue weighted by atomic mass is 19.4. The second kappa shape index (κ2) is 7.64. The Labute approximate surface area is 169 Å². The van der Waals surface area contributed by atoms with Crippen molar-refractivity contribution < 1.29 is 23.1 Å². The molecule has 1 amide bonds. The minimum atomic E-state index is -4.79. The molecular weight excluding hydrogens is 381 g/mol. The summed E-state index contributed by atoms with van der Waals surface area (Å²) >= 11 is 0. The van der Waals surface area contributed by atoms with Crippen LogP contribution in [0.5, 0.6) is 0 Å². The highest BCUT2D eigenvalue weighted by Gasteiger charge is 2.51. The van der Waals surface area contributed by atoms with E-state index in [2.05, 4.69) is 13.0 Å². The van der Waals surface area contributed by atoms with Crippen LogP contribution >= 0.6 is 0 Å². The molecule has 2 saturated carbocycles. The zero-order valence-electron chi connectivity index (χ0n) is 16.8. The lowest BCUT2D eigenvalue weighted by atomic mass is 9.72. The van der Waals surface area contributed by atoms with Gasteiger partial charge in [0.1, 0.15) is 0 Å². The van der Waals surface area contributed by atoms with Gasteiger partial charge in [-0.2, -0.15) is 18.4 Å². The molecule has 2 aliphatic carbocycles. The first-order valence-electron chi connectivity index (χ1n) is 10.1. The predicted octanol–water partition coefficient (Wildman–Crippen LogP) is 4.92. The Morgan fingerprint density at radius 3 is 2.14 bits per heavy atom. The molecular formula is C22H27F3N2O2. The van der Waals surface area contributed by atoms with Gasteiger partial charge in [-0.25, -0.2) is 0 Å². The Morgan fingerprint density at radius 1 is 1.17 bits per heavy atom. The lowest BCUT2D eigenvalue weighted by Gasteiger charge is -2.41. The summed E-state index contributed by atoms with van der Waals surface area (Å²) in [5.74, 6) is -0.167. The Kier molecular flexibility index (Phi) is 5.70. The molecule has 7 heteroatoms. The summed E-state index contributed by atoms with van der Waals surface area (Å²) < 4.78 is 39.1. The summed E-state index contributed by atoms with van der Waals surface area (Å²) in [5.41, 5.74) is -2.92. The minimum Gasteiger partial charge on any atom is -0.376 e. The van der Waals surface area contributed by atoms with Crippen molar-refractivity contribution in [2.45, 2.75) is 82.7 Å². The summed E-state index contributed by atoms with van der Waals surface area (Å²) in [7, 11) is 0. The zero-order chi connectivity index (χ0) is 21.4. The van der Waals surface area contributed by atoms with Crippen molar-refractivity contribution >= 4 is 5.91 Å². The maximum atomic E-state index is 13.2. The Balaban J connectivity index is 1.75. The number of carbonyl (C=O) groups excluding carboxylic acids is 1. The molecule has 1 aromatic rings. The summed E-state index contributed by atoms with van der Waals surface area (Å²) in [6.45, 7) is 2.82. The van der Waals surface area contributed by atoms with Crippen molar-refractivity contribution in [3.63, 3.8) is 0 Å². The number of benzene rings is 1. The largest absolute Gasteiger partial charge is 0.421 e. The number of alkyl halides is 3. The molecule has 158 valence electrons. The third kappa shape index (κ3) is 4.42. The molecule has 1 N–H and O–H groups in total. The van der Waals surface area contributed by atoms with Gasteiger partial charge in [-0.1, -0.05) is 19.1 Å². The quantitative estimate of drug-likeness (QED) is 0.752. The lowest BCUT2D eigenvalue weighted by molar-refractivity contribution is -0.258. The van der Waals surface area contributed by atoms with Crippen molar-refractivity contribution in [3.05, 3.63) is 35.4 Å². The van der Waals surface area contributed by atoms with Gasteiger partial charge in [-0.05, 0) is 68.6 Å². The van der Waals surface area contributed by atoms with Crippen molar-refractivity contribution in [2.75, 3.05) is 0 Å². The van der Waals surface area contributed by atoms with Crippen LogP contribution in [0.25, 0.3) is 0 Å². The molecule has 29 heavy (non-hydrogen) atoms. The summed E-state index contributed by atoms with van der Waals surface area (Å²) in [5, 5.41) is 18.8. The van der Waals surface area contributed by atoms with E-state index in [1.54, 1.807) is 0 Å². The second-order valence-corrected chi connectivity index (χ2v) is 8.97. The van der Waals surface area contributed by atoms with Crippen molar-refractivity contribution in [2.24, 2.45) is 5.41 Å². The van der Waals surface area contributed by atoms with E-state index in [0.29, 0.717) is 18.9 Å². The topological polar surface area (TPSA) is 64.3 Å². The molecule has 0 aliphatic heterocycles. The molecule has 4 nitrogen and oxygen atoms in total. The summed E-state index contributed by atoms with van der Waals surface area (Å²) in [4.78, 5) is 15.1. The van der Waals surface area contributed by atoms with E-state index in [0.717, 1.165) is 38.5 Å². The third-order valence-corrected chi connectivity index (χ3v) is 6.48. The predicted molar refractivity (Wildman–Crippen MR) is 102 cm³/mol. The monoisotopic (exact) mass is 408 g/mol. The molecule has 1 aromatic carbocycles. The third-order valence-electron chi connectivity index (χ3n) is 6.48. The molecule has 0 unspecified atom stereocenters. The van der Waals surface area contributed by atoms with E-state index in [4.69, 9.17) is 5.26 Å². The van der Waals surface area contributed by atoms with Crippen LogP contribution in [0.2, 0.25) is 0 Å². The number of nitrogens with zero attached hydrogens (tertiary/aromatic N) is 2. The number of carbonyl (C=O) groups is 1. The number of nitriles is 1. The smallest absolute Gasteiger partial charge is 0.376 e. The van der Waals surface area contributed by atoms with Crippen LogP contribution in [0, 0.1) is 16.7 Å². The van der Waals surface area contributed by atoms with E-state index >= 15 is 0 Å². The SMILES string of the molecule is CC1(CC#N)CCC(N(C(=O)c2ccc([C@](C)(O)C(F)(F)F)cc2)C2CC2)CC1. The van der Waals surface area contributed by atoms with Crippen molar-refractivity contribution in [3.8, 4) is 6.07 Å². The molecule has 2 fully saturated rings. The molecule has 0 radical (unpaired) electrons. The number of aliphatic hydroxyl groups is 1. The van der Waals surface area contributed by atoms with Crippen LogP contribution in [0.3, 0.4) is 0 Å². The van der Waals surface area contributed by atoms with Gasteiger partial charge in [0.25, 0.3) is 5.91 Å². The average molecular weight is 408 g/mol. The Bertz CT molecular complexity index is 784. The Hall–Kier alpha value is -2.07. The maximum Gasteiger partial charge on any atom is 0.421 e. The molecule has 0 heterocycles. The molecule has 0 spiro atoms. The van der Waals surface area contributed by atoms with E-state index in [1.807, 2.05) is 4.90 Å². The standard InChI is InChI=1S/C22H27F3N2O2/c1-20(13-14-26)11-9-18(10-12-20)27(17-7-8-17)19(28)15-3-5-16(6-4-15)21(2,29)22(23,24)25/h3-6,17-18,29H,7-13H2,1-2H3/t18?,20?,21-/m0/s1. The molecule has 2 aliphatic rings. The number of hydrogen-bond acceptors (Lipinski definition) is 3. The van der Waals surface area contributed by atoms with Crippen LogP contribution < -0.4 is 0 Å². The van der Waals surface area contributed by atoms with E-state index in [1.165, 1.54) is 24.3 Å². The molecule has 0 bridgehead atoms. The highest BCUT2D eigenvalue weighted by molar-refractivity contribution is 5.95. The van der Waals surface area contributed by atoms with Crippen LogP contribution in [0.15, 0.2) is 24.3 Å². The van der Waals surface area contributed by atoms with E-state index < -0.39 is 11.8 Å². The minimum absolute atomic E-state index is 0.00561. The van der Waals surface area contributed by atoms with Crippen LogP contribution in [-0.2, 0) is 5.60 Å². The van der Waals surface area contributed by atoms with Crippen molar-refractivity contribution in [1.82, 2.24) is 4.90 Å². The van der Waals surface area contributed by atoms with Crippen LogP contribution in [0.1, 0.15) is 74.7 Å². The average Bonchev–Trinajstić information content (AvgIpc) is 3.48. The first-order valence-corrected chi connectivity index (χ1v) is 10.1. The zero-order valence-corrected chi connectivity index (χ0v) is 16.8. The number of halogens is 3.